The van der Waals surface area contributed by atoms with Crippen molar-refractivity contribution in [2.75, 3.05) is 0 Å². The van der Waals surface area contributed by atoms with Crippen LogP contribution in [0.1, 0.15) is 24.7 Å². The van der Waals surface area contributed by atoms with Gasteiger partial charge in [0.25, 0.3) is 0 Å². The van der Waals surface area contributed by atoms with Gasteiger partial charge in [-0.25, -0.2) is 4.98 Å². The highest BCUT2D eigenvalue weighted by molar-refractivity contribution is 7.80. The zero-order valence-electron chi connectivity index (χ0n) is 10.1. The zero-order valence-corrected chi connectivity index (χ0v) is 11.6. The lowest BCUT2D eigenvalue weighted by Crippen LogP contribution is -2.14. The lowest BCUT2D eigenvalue weighted by atomic mass is 10.1. The molecule has 94 valence electrons. The second-order valence-electron chi connectivity index (χ2n) is 3.99. The van der Waals surface area contributed by atoms with E-state index in [-0.39, 0.29) is 0 Å². The molecule has 0 bridgehead atoms. The number of hydrogen-bond acceptors (Lipinski definition) is 2. The SMILES string of the molecule is CCCc1nccn1-c1cc(Cl)ccc1C(N)=S. The predicted octanol–water partition coefficient (Wildman–Crippen LogP) is 3.11. The third kappa shape index (κ3) is 2.54. The van der Waals surface area contributed by atoms with E-state index in [4.69, 9.17) is 29.6 Å². The van der Waals surface area contributed by atoms with Crippen LogP contribution in [0.25, 0.3) is 5.69 Å². The van der Waals surface area contributed by atoms with Crippen LogP contribution in [0.15, 0.2) is 30.6 Å². The van der Waals surface area contributed by atoms with E-state index >= 15 is 0 Å². The average Bonchev–Trinajstić information content (AvgIpc) is 2.77. The van der Waals surface area contributed by atoms with Gasteiger partial charge in [0, 0.05) is 29.4 Å². The first-order valence-corrected chi connectivity index (χ1v) is 6.54. The fourth-order valence-electron chi connectivity index (χ4n) is 1.87. The van der Waals surface area contributed by atoms with Crippen LogP contribution in [0.2, 0.25) is 5.02 Å². The summed E-state index contributed by atoms with van der Waals surface area (Å²) >= 11 is 11.1. The lowest BCUT2D eigenvalue weighted by molar-refractivity contribution is 0.809. The van der Waals surface area contributed by atoms with Crippen LogP contribution in [0, 0.1) is 0 Å². The topological polar surface area (TPSA) is 43.8 Å². The molecule has 0 saturated carbocycles. The first-order chi connectivity index (χ1) is 8.63. The maximum absolute atomic E-state index is 6.05. The Morgan fingerprint density at radius 2 is 2.28 bits per heavy atom. The Kier molecular flexibility index (Phi) is 3.99. The Morgan fingerprint density at radius 3 is 2.94 bits per heavy atom. The van der Waals surface area contributed by atoms with E-state index < -0.39 is 0 Å². The Labute approximate surface area is 117 Å². The number of nitrogens with zero attached hydrogens (tertiary/aromatic N) is 2. The van der Waals surface area contributed by atoms with Crippen LogP contribution in [-0.4, -0.2) is 14.5 Å². The van der Waals surface area contributed by atoms with Crippen LogP contribution >= 0.6 is 23.8 Å². The van der Waals surface area contributed by atoms with Crippen LogP contribution in [-0.2, 0) is 6.42 Å². The summed E-state index contributed by atoms with van der Waals surface area (Å²) in [5.74, 6) is 0.984. The van der Waals surface area contributed by atoms with E-state index in [1.807, 2.05) is 22.9 Å². The maximum atomic E-state index is 6.05. The van der Waals surface area contributed by atoms with Crippen LogP contribution < -0.4 is 5.73 Å². The van der Waals surface area contributed by atoms with Crippen molar-refractivity contribution >= 4 is 28.8 Å². The second-order valence-corrected chi connectivity index (χ2v) is 4.87. The van der Waals surface area contributed by atoms with Gasteiger partial charge >= 0.3 is 0 Å². The molecule has 0 spiro atoms. The molecule has 0 unspecified atom stereocenters. The van der Waals surface area contributed by atoms with Gasteiger partial charge < -0.3 is 10.3 Å². The minimum atomic E-state index is 0.359. The van der Waals surface area contributed by atoms with E-state index in [0.717, 1.165) is 29.9 Å². The summed E-state index contributed by atoms with van der Waals surface area (Å²) in [4.78, 5) is 4.71. The molecule has 1 aromatic carbocycles. The van der Waals surface area contributed by atoms with Gasteiger partial charge in [0.15, 0.2) is 0 Å². The average molecular weight is 280 g/mol. The molecule has 1 heterocycles. The normalized spacial score (nSPS) is 10.6. The monoisotopic (exact) mass is 279 g/mol. The number of imidazole rings is 1. The molecule has 0 amide bonds. The number of aromatic nitrogens is 2. The molecule has 0 fully saturated rings. The summed E-state index contributed by atoms with van der Waals surface area (Å²) in [5, 5.41) is 0.654. The minimum absolute atomic E-state index is 0.359. The Hall–Kier alpha value is -1.39. The standard InChI is InChI=1S/C13H14ClN3S/c1-2-3-12-16-6-7-17(12)11-8-9(14)4-5-10(11)13(15)18/h4-8H,2-3H2,1H3,(H2,15,18). The number of thiocarbonyl (C=S) groups is 1. The van der Waals surface area contributed by atoms with Crippen molar-refractivity contribution in [1.82, 2.24) is 9.55 Å². The Balaban J connectivity index is 2.58. The van der Waals surface area contributed by atoms with Gasteiger partial charge in [0.2, 0.25) is 0 Å². The quantitative estimate of drug-likeness (QED) is 0.875. The third-order valence-electron chi connectivity index (χ3n) is 2.68. The van der Waals surface area contributed by atoms with Crippen molar-refractivity contribution < 1.29 is 0 Å². The van der Waals surface area contributed by atoms with Crippen LogP contribution in [0.3, 0.4) is 0 Å². The van der Waals surface area contributed by atoms with Gasteiger partial charge in [-0.15, -0.1) is 0 Å². The number of rotatable bonds is 4. The van der Waals surface area contributed by atoms with Gasteiger partial charge in [0.05, 0.1) is 5.69 Å². The van der Waals surface area contributed by atoms with E-state index in [1.165, 1.54) is 0 Å². The minimum Gasteiger partial charge on any atom is -0.389 e. The van der Waals surface area contributed by atoms with Crippen LogP contribution in [0.4, 0.5) is 0 Å². The van der Waals surface area contributed by atoms with E-state index in [9.17, 15) is 0 Å². The summed E-state index contributed by atoms with van der Waals surface area (Å²) in [6, 6.07) is 5.49. The van der Waals surface area contributed by atoms with Crippen molar-refractivity contribution in [3.05, 3.63) is 47.0 Å². The van der Waals surface area contributed by atoms with Crippen molar-refractivity contribution in [3.63, 3.8) is 0 Å². The van der Waals surface area contributed by atoms with Gasteiger partial charge in [-0.05, 0) is 24.6 Å². The predicted molar refractivity (Wildman–Crippen MR) is 78.5 cm³/mol. The lowest BCUT2D eigenvalue weighted by Gasteiger charge is -2.12. The van der Waals surface area contributed by atoms with Gasteiger partial charge in [-0.3, -0.25) is 0 Å². The second kappa shape index (κ2) is 5.50. The largest absolute Gasteiger partial charge is 0.389 e. The fourth-order valence-corrected chi connectivity index (χ4v) is 2.21. The summed E-state index contributed by atoms with van der Waals surface area (Å²) in [6.07, 6.45) is 5.60. The molecule has 0 saturated heterocycles. The van der Waals surface area contributed by atoms with E-state index in [2.05, 4.69) is 11.9 Å². The molecule has 0 aliphatic rings. The van der Waals surface area contributed by atoms with Crippen molar-refractivity contribution in [2.45, 2.75) is 19.8 Å². The summed E-state index contributed by atoms with van der Waals surface area (Å²) in [7, 11) is 0. The van der Waals surface area contributed by atoms with Crippen molar-refractivity contribution in [3.8, 4) is 5.69 Å². The zero-order chi connectivity index (χ0) is 13.1. The van der Waals surface area contributed by atoms with Gasteiger partial charge in [-0.2, -0.15) is 0 Å². The van der Waals surface area contributed by atoms with Crippen molar-refractivity contribution in [1.29, 1.82) is 0 Å². The molecule has 3 nitrogen and oxygen atoms in total. The van der Waals surface area contributed by atoms with E-state index in [1.54, 1.807) is 12.3 Å². The molecule has 0 aliphatic heterocycles. The molecule has 18 heavy (non-hydrogen) atoms. The molecular weight excluding hydrogens is 266 g/mol. The summed E-state index contributed by atoms with van der Waals surface area (Å²) in [6.45, 7) is 2.12. The van der Waals surface area contributed by atoms with Crippen molar-refractivity contribution in [2.24, 2.45) is 5.73 Å². The number of halogens is 1. The van der Waals surface area contributed by atoms with Gasteiger partial charge in [0.1, 0.15) is 10.8 Å². The highest BCUT2D eigenvalue weighted by Crippen LogP contribution is 2.22. The summed E-state index contributed by atoms with van der Waals surface area (Å²) < 4.78 is 1.99. The Morgan fingerprint density at radius 1 is 1.50 bits per heavy atom. The molecule has 1 aromatic heterocycles. The maximum Gasteiger partial charge on any atom is 0.113 e. The summed E-state index contributed by atoms with van der Waals surface area (Å²) in [5.41, 5.74) is 7.44. The smallest absolute Gasteiger partial charge is 0.113 e. The molecule has 2 aromatic rings. The number of aryl methyl sites for hydroxylation is 1. The molecule has 2 N–H and O–H groups in total. The number of hydrogen-bond donors (Lipinski definition) is 1. The highest BCUT2D eigenvalue weighted by atomic mass is 35.5. The molecule has 0 aliphatic carbocycles. The Bertz CT molecular complexity index is 577. The fraction of sp³-hybridized carbons (Fsp3) is 0.231. The third-order valence-corrected chi connectivity index (χ3v) is 3.13. The number of benzene rings is 1. The number of nitrogens with two attached hydrogens (primary N) is 1. The van der Waals surface area contributed by atoms with Gasteiger partial charge in [-0.1, -0.05) is 30.7 Å². The first-order valence-electron chi connectivity index (χ1n) is 5.75. The molecule has 0 radical (unpaired) electrons. The van der Waals surface area contributed by atoms with E-state index in [0.29, 0.717) is 10.0 Å². The molecular formula is C13H14ClN3S. The van der Waals surface area contributed by atoms with Crippen LogP contribution in [0.5, 0.6) is 0 Å². The first kappa shape index (κ1) is 13.1. The molecule has 0 atom stereocenters. The molecule has 5 heteroatoms. The molecule has 2 rings (SSSR count). The highest BCUT2D eigenvalue weighted by Gasteiger charge is 2.11.